The van der Waals surface area contributed by atoms with E-state index < -0.39 is 0 Å². The van der Waals surface area contributed by atoms with Crippen molar-refractivity contribution in [2.45, 2.75) is 51.9 Å². The molecular weight excluding hydrogens is 212 g/mol. The molecule has 17 heavy (non-hydrogen) atoms. The zero-order chi connectivity index (χ0) is 12.5. The van der Waals surface area contributed by atoms with Crippen LogP contribution >= 0.6 is 0 Å². The van der Waals surface area contributed by atoms with Crippen LogP contribution in [0.15, 0.2) is 0 Å². The van der Waals surface area contributed by atoms with E-state index >= 15 is 0 Å². The lowest BCUT2D eigenvalue weighted by Crippen LogP contribution is -2.33. The minimum atomic E-state index is 0.250. The molecule has 1 unspecified atom stereocenters. The van der Waals surface area contributed by atoms with Gasteiger partial charge in [0.05, 0.1) is 0 Å². The fraction of sp³-hybridized carbons (Fsp3) is 0.929. The number of rotatable bonds is 6. The molecule has 1 amide bonds. The van der Waals surface area contributed by atoms with Gasteiger partial charge in [-0.2, -0.15) is 0 Å². The van der Waals surface area contributed by atoms with Gasteiger partial charge >= 0.3 is 0 Å². The highest BCUT2D eigenvalue weighted by atomic mass is 16.1. The van der Waals surface area contributed by atoms with Gasteiger partial charge in [-0.25, -0.2) is 0 Å². The van der Waals surface area contributed by atoms with Crippen LogP contribution in [0.5, 0.6) is 0 Å². The average molecular weight is 240 g/mol. The number of amides is 1. The quantitative estimate of drug-likeness (QED) is 0.700. The number of carbonyl (C=O) groups excluding carboxylic acids is 1. The Morgan fingerprint density at radius 3 is 2.41 bits per heavy atom. The van der Waals surface area contributed by atoms with Crippen LogP contribution in [0.1, 0.15) is 51.9 Å². The highest BCUT2D eigenvalue weighted by molar-refractivity contribution is 5.76. The summed E-state index contributed by atoms with van der Waals surface area (Å²) in [5.74, 6) is 1.40. The maximum Gasteiger partial charge on any atom is 0.220 e. The smallest absolute Gasteiger partial charge is 0.220 e. The molecule has 3 nitrogen and oxygen atoms in total. The molecule has 0 spiro atoms. The van der Waals surface area contributed by atoms with Crippen molar-refractivity contribution in [2.75, 3.05) is 20.1 Å². The molecule has 3 heteroatoms. The fourth-order valence-electron chi connectivity index (χ4n) is 2.61. The number of hydrogen-bond acceptors (Lipinski definition) is 2. The van der Waals surface area contributed by atoms with Crippen LogP contribution in [-0.2, 0) is 4.79 Å². The molecular formula is C14H28N2O. The molecule has 1 aliphatic rings. The summed E-state index contributed by atoms with van der Waals surface area (Å²) >= 11 is 0. The molecule has 2 N–H and O–H groups in total. The summed E-state index contributed by atoms with van der Waals surface area (Å²) in [6.45, 7) is 3.92. The lowest BCUT2D eigenvalue weighted by molar-refractivity contribution is -0.122. The van der Waals surface area contributed by atoms with Crippen molar-refractivity contribution >= 4 is 5.91 Å². The van der Waals surface area contributed by atoms with Gasteiger partial charge in [0.2, 0.25) is 5.91 Å². The predicted molar refractivity (Wildman–Crippen MR) is 71.9 cm³/mol. The molecule has 100 valence electrons. The monoisotopic (exact) mass is 240 g/mol. The van der Waals surface area contributed by atoms with E-state index in [0.29, 0.717) is 11.8 Å². The zero-order valence-electron chi connectivity index (χ0n) is 11.4. The lowest BCUT2D eigenvalue weighted by Gasteiger charge is -2.15. The molecule has 0 heterocycles. The average Bonchev–Trinajstić information content (AvgIpc) is 2.55. The third-order valence-electron chi connectivity index (χ3n) is 3.65. The van der Waals surface area contributed by atoms with Crippen molar-refractivity contribution in [3.63, 3.8) is 0 Å². The molecule has 0 aromatic carbocycles. The predicted octanol–water partition coefficient (Wildman–Crippen LogP) is 2.32. The number of carbonyl (C=O) groups is 1. The zero-order valence-corrected chi connectivity index (χ0v) is 11.4. The maximum absolute atomic E-state index is 11.8. The minimum absolute atomic E-state index is 0.250. The minimum Gasteiger partial charge on any atom is -0.356 e. The summed E-state index contributed by atoms with van der Waals surface area (Å²) in [7, 11) is 1.95. The second kappa shape index (κ2) is 8.51. The lowest BCUT2D eigenvalue weighted by atomic mass is 9.96. The topological polar surface area (TPSA) is 41.1 Å². The first-order chi connectivity index (χ1) is 8.22. The molecule has 1 fully saturated rings. The number of hydrogen-bond donors (Lipinski definition) is 2. The highest BCUT2D eigenvalue weighted by Crippen LogP contribution is 2.25. The van der Waals surface area contributed by atoms with Crippen molar-refractivity contribution in [3.8, 4) is 0 Å². The second-order valence-corrected chi connectivity index (χ2v) is 5.53. The summed E-state index contributed by atoms with van der Waals surface area (Å²) < 4.78 is 0. The van der Waals surface area contributed by atoms with Crippen LogP contribution in [0.25, 0.3) is 0 Å². The Kier molecular flexibility index (Phi) is 7.25. The third kappa shape index (κ3) is 6.67. The number of nitrogens with one attached hydrogen (secondary N) is 2. The van der Waals surface area contributed by atoms with E-state index in [4.69, 9.17) is 0 Å². The van der Waals surface area contributed by atoms with Gasteiger partial charge in [0.15, 0.2) is 0 Å². The van der Waals surface area contributed by atoms with Crippen molar-refractivity contribution in [3.05, 3.63) is 0 Å². The molecule has 1 rings (SSSR count). The van der Waals surface area contributed by atoms with E-state index in [1.54, 1.807) is 0 Å². The molecule has 0 bridgehead atoms. The van der Waals surface area contributed by atoms with Crippen molar-refractivity contribution in [1.82, 2.24) is 10.6 Å². The van der Waals surface area contributed by atoms with E-state index in [-0.39, 0.29) is 5.91 Å². The molecule has 1 saturated carbocycles. The van der Waals surface area contributed by atoms with Gasteiger partial charge in [-0.05, 0) is 38.3 Å². The molecule has 0 saturated heterocycles. The van der Waals surface area contributed by atoms with Crippen LogP contribution in [0, 0.1) is 11.8 Å². The Morgan fingerprint density at radius 2 is 1.82 bits per heavy atom. The summed E-state index contributed by atoms with van der Waals surface area (Å²) in [5, 5.41) is 6.19. The second-order valence-electron chi connectivity index (χ2n) is 5.53. The van der Waals surface area contributed by atoms with Gasteiger partial charge in [-0.1, -0.05) is 32.6 Å². The summed E-state index contributed by atoms with van der Waals surface area (Å²) in [5.41, 5.74) is 0. The van der Waals surface area contributed by atoms with Crippen LogP contribution in [0.4, 0.5) is 0 Å². The van der Waals surface area contributed by atoms with E-state index in [0.717, 1.165) is 19.5 Å². The van der Waals surface area contributed by atoms with Crippen LogP contribution < -0.4 is 10.6 Å². The van der Waals surface area contributed by atoms with Gasteiger partial charge in [0.25, 0.3) is 0 Å². The first-order valence-electron chi connectivity index (χ1n) is 7.13. The first kappa shape index (κ1) is 14.5. The molecule has 1 aliphatic carbocycles. The Hall–Kier alpha value is -0.570. The van der Waals surface area contributed by atoms with E-state index in [1.165, 1.54) is 38.5 Å². The molecule has 0 aliphatic heterocycles. The third-order valence-corrected chi connectivity index (χ3v) is 3.65. The van der Waals surface area contributed by atoms with Gasteiger partial charge in [0, 0.05) is 13.0 Å². The van der Waals surface area contributed by atoms with Gasteiger partial charge in [0.1, 0.15) is 0 Å². The maximum atomic E-state index is 11.8. The Balaban J connectivity index is 2.14. The van der Waals surface area contributed by atoms with Crippen LogP contribution in [-0.4, -0.2) is 26.0 Å². The van der Waals surface area contributed by atoms with E-state index in [9.17, 15) is 4.79 Å². The van der Waals surface area contributed by atoms with Crippen LogP contribution in [0.2, 0.25) is 0 Å². The largest absolute Gasteiger partial charge is 0.356 e. The highest BCUT2D eigenvalue weighted by Gasteiger charge is 2.16. The fourth-order valence-corrected chi connectivity index (χ4v) is 2.61. The van der Waals surface area contributed by atoms with E-state index in [2.05, 4.69) is 17.6 Å². The molecule has 0 radical (unpaired) electrons. The normalized spacial score (nSPS) is 19.6. The standard InChI is InChI=1S/C14H28N2O/c1-12(10-15-2)11-16-14(17)9-13-7-5-3-4-6-8-13/h12-13,15H,3-11H2,1-2H3,(H,16,17). The Morgan fingerprint density at radius 1 is 1.18 bits per heavy atom. The van der Waals surface area contributed by atoms with Gasteiger partial charge in [-0.15, -0.1) is 0 Å². The summed E-state index contributed by atoms with van der Waals surface area (Å²) in [6, 6.07) is 0. The SMILES string of the molecule is CNCC(C)CNC(=O)CC1CCCCCC1. The van der Waals surface area contributed by atoms with Gasteiger partial charge < -0.3 is 10.6 Å². The summed E-state index contributed by atoms with van der Waals surface area (Å²) in [4.78, 5) is 11.8. The molecule has 0 aromatic heterocycles. The van der Waals surface area contributed by atoms with Gasteiger partial charge in [-0.3, -0.25) is 4.79 Å². The molecule has 0 aromatic rings. The Labute approximate surface area is 106 Å². The Bertz CT molecular complexity index is 210. The van der Waals surface area contributed by atoms with Crippen LogP contribution in [0.3, 0.4) is 0 Å². The van der Waals surface area contributed by atoms with Crippen molar-refractivity contribution < 1.29 is 4.79 Å². The first-order valence-corrected chi connectivity index (χ1v) is 7.13. The van der Waals surface area contributed by atoms with Crippen molar-refractivity contribution in [2.24, 2.45) is 11.8 Å². The summed E-state index contributed by atoms with van der Waals surface area (Å²) in [6.07, 6.45) is 8.59. The molecule has 1 atom stereocenters. The van der Waals surface area contributed by atoms with E-state index in [1.807, 2.05) is 7.05 Å². The van der Waals surface area contributed by atoms with Crippen molar-refractivity contribution in [1.29, 1.82) is 0 Å².